The first-order valence-corrected chi connectivity index (χ1v) is 13.7. The van der Waals surface area contributed by atoms with E-state index >= 15 is 0 Å². The molecule has 3 aromatic rings. The lowest BCUT2D eigenvalue weighted by Crippen LogP contribution is -2.38. The Morgan fingerprint density at radius 1 is 1.07 bits per heavy atom. The molecule has 15 heteroatoms. The van der Waals surface area contributed by atoms with Gasteiger partial charge in [-0.05, 0) is 56.1 Å². The van der Waals surface area contributed by atoms with Crippen LogP contribution in [0.5, 0.6) is 0 Å². The Balaban J connectivity index is 1.40. The van der Waals surface area contributed by atoms with Crippen LogP contribution in [-0.4, -0.2) is 53.3 Å². The van der Waals surface area contributed by atoms with Gasteiger partial charge in [0.2, 0.25) is 17.7 Å². The lowest BCUT2D eigenvalue weighted by molar-refractivity contribution is -0.144. The van der Waals surface area contributed by atoms with Crippen molar-refractivity contribution in [3.05, 3.63) is 41.9 Å². The maximum absolute atomic E-state index is 14.0. The highest BCUT2D eigenvalue weighted by Gasteiger charge is 2.40. The Bertz CT molecular complexity index is 1390. The van der Waals surface area contributed by atoms with Crippen LogP contribution in [0, 0.1) is 11.8 Å². The summed E-state index contributed by atoms with van der Waals surface area (Å²) >= 11 is 0. The van der Waals surface area contributed by atoms with Crippen molar-refractivity contribution < 1.29 is 31.5 Å². The minimum absolute atomic E-state index is 0.0791. The maximum atomic E-state index is 14.0. The topological polar surface area (TPSA) is 119 Å². The van der Waals surface area contributed by atoms with E-state index in [0.29, 0.717) is 23.4 Å². The molecule has 3 heterocycles. The molecule has 2 fully saturated rings. The number of carbonyl (C=O) groups is 2. The number of hydrogen-bond acceptors (Lipinski definition) is 6. The molecule has 10 nitrogen and oxygen atoms in total. The van der Waals surface area contributed by atoms with Gasteiger partial charge in [-0.25, -0.2) is 27.9 Å². The molecular formula is C26H31F5N8O2. The van der Waals surface area contributed by atoms with Crippen LogP contribution in [0.1, 0.15) is 92.3 Å². The van der Waals surface area contributed by atoms with Crippen LogP contribution in [0.4, 0.5) is 22.0 Å². The van der Waals surface area contributed by atoms with E-state index < -0.39 is 48.8 Å². The van der Waals surface area contributed by atoms with E-state index in [1.165, 1.54) is 21.7 Å². The van der Waals surface area contributed by atoms with Crippen molar-refractivity contribution in [2.45, 2.75) is 89.0 Å². The molecule has 3 aromatic heterocycles. The minimum atomic E-state index is -4.43. The summed E-state index contributed by atoms with van der Waals surface area (Å²) in [4.78, 5) is 34.1. The van der Waals surface area contributed by atoms with Gasteiger partial charge in [-0.1, -0.05) is 0 Å². The average Bonchev–Trinajstić information content (AvgIpc) is 3.48. The first kappa shape index (κ1) is 28.9. The minimum Gasteiger partial charge on any atom is -0.349 e. The lowest BCUT2D eigenvalue weighted by Gasteiger charge is -2.33. The van der Waals surface area contributed by atoms with Gasteiger partial charge in [0, 0.05) is 25.8 Å². The molecule has 0 aliphatic heterocycles. The van der Waals surface area contributed by atoms with E-state index in [9.17, 15) is 31.5 Å². The fourth-order valence-corrected chi connectivity index (χ4v) is 5.34. The largest absolute Gasteiger partial charge is 0.389 e. The SMILES string of the molecule is CCn1ncnc1C(=O)N[C@H](c1cn2ncc([C@H](NC(=O)CCC(F)(F)F)C3CC3)cc2n1)C1CCC(F)(F)CC1. The number of imidazole rings is 1. The average molecular weight is 583 g/mol. The van der Waals surface area contributed by atoms with Gasteiger partial charge in [-0.3, -0.25) is 9.59 Å². The smallest absolute Gasteiger partial charge is 0.349 e. The summed E-state index contributed by atoms with van der Waals surface area (Å²) in [6.07, 6.45) is -0.485. The van der Waals surface area contributed by atoms with E-state index in [0.717, 1.165) is 12.8 Å². The number of alkyl halides is 5. The fraction of sp³-hybridized carbons (Fsp3) is 0.615. The van der Waals surface area contributed by atoms with Gasteiger partial charge in [0.15, 0.2) is 5.65 Å². The summed E-state index contributed by atoms with van der Waals surface area (Å²) in [6, 6.07) is 0.488. The predicted octanol–water partition coefficient (Wildman–Crippen LogP) is 4.55. The Kier molecular flexibility index (Phi) is 7.97. The van der Waals surface area contributed by atoms with Crippen LogP contribution in [0.25, 0.3) is 5.65 Å². The summed E-state index contributed by atoms with van der Waals surface area (Å²) in [6.45, 7) is 2.23. The van der Waals surface area contributed by atoms with E-state index in [-0.39, 0.29) is 43.3 Å². The summed E-state index contributed by atoms with van der Waals surface area (Å²) < 4.78 is 68.6. The Morgan fingerprint density at radius 3 is 2.44 bits per heavy atom. The number of nitrogens with zero attached hydrogens (tertiary/aromatic N) is 6. The van der Waals surface area contributed by atoms with Crippen molar-refractivity contribution in [1.29, 1.82) is 0 Å². The van der Waals surface area contributed by atoms with Gasteiger partial charge in [0.25, 0.3) is 5.91 Å². The third-order valence-electron chi connectivity index (χ3n) is 7.72. The molecule has 2 amide bonds. The van der Waals surface area contributed by atoms with E-state index in [4.69, 9.17) is 0 Å². The predicted molar refractivity (Wildman–Crippen MR) is 135 cm³/mol. The molecule has 0 unspecified atom stereocenters. The molecule has 2 N–H and O–H groups in total. The summed E-state index contributed by atoms with van der Waals surface area (Å²) in [5.74, 6) is -4.10. The molecule has 0 radical (unpaired) electrons. The third kappa shape index (κ3) is 6.99. The molecular weight excluding hydrogens is 551 g/mol. The number of aryl methyl sites for hydroxylation is 1. The van der Waals surface area contributed by atoms with Crippen molar-refractivity contribution >= 4 is 17.5 Å². The fourth-order valence-electron chi connectivity index (χ4n) is 5.34. The molecule has 5 rings (SSSR count). The van der Waals surface area contributed by atoms with Crippen molar-refractivity contribution in [3.8, 4) is 0 Å². The van der Waals surface area contributed by atoms with E-state index in [1.54, 1.807) is 12.3 Å². The molecule has 0 spiro atoms. The summed E-state index contributed by atoms with van der Waals surface area (Å²) in [7, 11) is 0. The number of halogens is 5. The van der Waals surface area contributed by atoms with Crippen molar-refractivity contribution in [1.82, 2.24) is 40.0 Å². The molecule has 0 bridgehead atoms. The van der Waals surface area contributed by atoms with Crippen LogP contribution in [-0.2, 0) is 11.3 Å². The van der Waals surface area contributed by atoms with Gasteiger partial charge in [-0.2, -0.15) is 23.4 Å². The highest BCUT2D eigenvalue weighted by atomic mass is 19.4. The normalized spacial score (nSPS) is 19.2. The van der Waals surface area contributed by atoms with Crippen molar-refractivity contribution in [2.24, 2.45) is 11.8 Å². The molecule has 0 saturated heterocycles. The Labute approximate surface area is 232 Å². The first-order chi connectivity index (χ1) is 19.4. The zero-order valence-electron chi connectivity index (χ0n) is 22.4. The number of carbonyl (C=O) groups excluding carboxylic acids is 2. The highest BCUT2D eigenvalue weighted by Crippen LogP contribution is 2.43. The molecule has 41 heavy (non-hydrogen) atoms. The molecule has 0 aromatic carbocycles. The number of rotatable bonds is 10. The molecule has 2 aliphatic rings. The number of nitrogens with one attached hydrogen (secondary N) is 2. The highest BCUT2D eigenvalue weighted by molar-refractivity contribution is 5.90. The van der Waals surface area contributed by atoms with Gasteiger partial charge in [-0.15, -0.1) is 0 Å². The van der Waals surface area contributed by atoms with Crippen LogP contribution in [0.2, 0.25) is 0 Å². The number of hydrogen-bond donors (Lipinski definition) is 2. The quantitative estimate of drug-likeness (QED) is 0.339. The van der Waals surface area contributed by atoms with Gasteiger partial charge < -0.3 is 10.6 Å². The molecule has 2 atom stereocenters. The van der Waals surface area contributed by atoms with Crippen LogP contribution in [0.15, 0.2) is 24.8 Å². The Morgan fingerprint density at radius 2 is 1.78 bits per heavy atom. The number of fused-ring (bicyclic) bond motifs is 1. The number of amides is 2. The molecule has 2 saturated carbocycles. The van der Waals surface area contributed by atoms with Gasteiger partial charge >= 0.3 is 6.18 Å². The molecule has 2 aliphatic carbocycles. The second kappa shape index (κ2) is 11.3. The van der Waals surface area contributed by atoms with Crippen molar-refractivity contribution in [3.63, 3.8) is 0 Å². The van der Waals surface area contributed by atoms with Crippen molar-refractivity contribution in [2.75, 3.05) is 0 Å². The molecule has 222 valence electrons. The van der Waals surface area contributed by atoms with E-state index in [1.807, 2.05) is 6.92 Å². The lowest BCUT2D eigenvalue weighted by atomic mass is 9.81. The second-order valence-electron chi connectivity index (χ2n) is 10.8. The Hall–Kier alpha value is -3.65. The second-order valence-corrected chi connectivity index (χ2v) is 10.8. The summed E-state index contributed by atoms with van der Waals surface area (Å²) in [5.41, 5.74) is 1.43. The maximum Gasteiger partial charge on any atom is 0.389 e. The first-order valence-electron chi connectivity index (χ1n) is 13.7. The zero-order chi connectivity index (χ0) is 29.4. The van der Waals surface area contributed by atoms with Crippen LogP contribution < -0.4 is 10.6 Å². The number of aromatic nitrogens is 6. The van der Waals surface area contributed by atoms with Crippen LogP contribution >= 0.6 is 0 Å². The van der Waals surface area contributed by atoms with Crippen LogP contribution in [0.3, 0.4) is 0 Å². The third-order valence-corrected chi connectivity index (χ3v) is 7.72. The van der Waals surface area contributed by atoms with E-state index in [2.05, 4.69) is 30.8 Å². The monoisotopic (exact) mass is 582 g/mol. The zero-order valence-corrected chi connectivity index (χ0v) is 22.4. The summed E-state index contributed by atoms with van der Waals surface area (Å²) in [5, 5.41) is 14.1. The van der Waals surface area contributed by atoms with Gasteiger partial charge in [0.05, 0.1) is 36.6 Å². The van der Waals surface area contributed by atoms with Gasteiger partial charge in [0.1, 0.15) is 6.33 Å². The standard InChI is InChI=1S/C26H31F5N8O2/c1-2-38-23(32-14-34-38)24(41)37-22(16-5-8-25(27,28)9-6-16)18-13-39-19(35-18)11-17(12-33-39)21(15-3-4-15)36-20(40)7-10-26(29,30)31/h11-16,21-22H,2-10H2,1H3,(H,36,40)(H,37,41)/t21-,22+/m1/s1.